The van der Waals surface area contributed by atoms with E-state index in [0.717, 1.165) is 17.6 Å². The fourth-order valence-electron chi connectivity index (χ4n) is 3.85. The summed E-state index contributed by atoms with van der Waals surface area (Å²) in [5, 5.41) is 0. The third-order valence-corrected chi connectivity index (χ3v) is 5.20. The number of nitrogens with zero attached hydrogens (tertiary/aromatic N) is 1. The molecule has 0 radical (unpaired) electrons. The van der Waals surface area contributed by atoms with Crippen LogP contribution < -0.4 is 0 Å². The fraction of sp³-hybridized carbons (Fsp3) is 0.385. The second kappa shape index (κ2) is 12.3. The molecule has 1 nitrogen and oxygen atoms in total. The minimum Gasteiger partial charge on any atom is -0.316 e. The Bertz CT molecular complexity index is 608. The Hall–Kier alpha value is -2.12. The van der Waals surface area contributed by atoms with Crippen LogP contribution in [-0.4, -0.2) is 17.6 Å². The van der Waals surface area contributed by atoms with Gasteiger partial charge in [0.2, 0.25) is 0 Å². The summed E-state index contributed by atoms with van der Waals surface area (Å²) in [5.41, 5.74) is 2.90. The highest BCUT2D eigenvalue weighted by Crippen LogP contribution is 2.23. The van der Waals surface area contributed by atoms with Gasteiger partial charge >= 0.3 is 0 Å². The summed E-state index contributed by atoms with van der Waals surface area (Å²) >= 11 is 0. The number of unbranched alkanes of at least 4 members (excludes halogenated alkanes) is 2. The first-order chi connectivity index (χ1) is 13.3. The molecule has 0 heterocycles. The Kier molecular flexibility index (Phi) is 9.65. The summed E-state index contributed by atoms with van der Waals surface area (Å²) in [4.78, 5) is 0. The van der Waals surface area contributed by atoms with E-state index in [1.54, 1.807) is 0 Å². The van der Waals surface area contributed by atoms with Crippen molar-refractivity contribution in [3.63, 3.8) is 0 Å². The van der Waals surface area contributed by atoms with Crippen molar-refractivity contribution in [3.05, 3.63) is 96.1 Å². The predicted molar refractivity (Wildman–Crippen MR) is 118 cm³/mol. The van der Waals surface area contributed by atoms with Gasteiger partial charge in [0, 0.05) is 24.0 Å². The summed E-state index contributed by atoms with van der Waals surface area (Å²) in [6.07, 6.45) is 13.8. The van der Waals surface area contributed by atoms with Gasteiger partial charge in [0.05, 0.1) is 13.1 Å². The first-order valence-electron chi connectivity index (χ1n) is 10.4. The largest absolute Gasteiger partial charge is 0.316 e. The molecule has 0 N–H and O–H groups in total. The lowest BCUT2D eigenvalue weighted by atomic mass is 10.1. The smallest absolute Gasteiger partial charge is 0.105 e. The molecule has 0 aliphatic carbocycles. The lowest BCUT2D eigenvalue weighted by Gasteiger charge is -2.39. The number of quaternary nitrogens is 1. The highest BCUT2D eigenvalue weighted by molar-refractivity contribution is 5.15. The van der Waals surface area contributed by atoms with E-state index < -0.39 is 0 Å². The minimum absolute atomic E-state index is 1.11. The molecule has 0 spiro atoms. The molecule has 1 heteroatoms. The molecule has 2 rings (SSSR count). The Morgan fingerprint density at radius 1 is 0.630 bits per heavy atom. The molecule has 0 aliphatic rings. The molecule has 0 aliphatic heterocycles. The van der Waals surface area contributed by atoms with Crippen LogP contribution >= 0.6 is 0 Å². The van der Waals surface area contributed by atoms with Gasteiger partial charge in [0.15, 0.2) is 0 Å². The monoisotopic (exact) mass is 362 g/mol. The molecule has 0 fully saturated rings. The molecular formula is C26H36N+. The van der Waals surface area contributed by atoms with E-state index >= 15 is 0 Å². The van der Waals surface area contributed by atoms with Gasteiger partial charge in [-0.15, -0.1) is 0 Å². The van der Waals surface area contributed by atoms with Gasteiger partial charge in [-0.25, -0.2) is 0 Å². The van der Waals surface area contributed by atoms with E-state index in [1.807, 2.05) is 0 Å². The maximum absolute atomic E-state index is 2.31. The summed E-state index contributed by atoms with van der Waals surface area (Å²) < 4.78 is 1.14. The predicted octanol–water partition coefficient (Wildman–Crippen LogP) is 6.92. The Labute approximate surface area is 166 Å². The molecule has 0 amide bonds. The van der Waals surface area contributed by atoms with Crippen LogP contribution in [0.5, 0.6) is 0 Å². The summed E-state index contributed by atoms with van der Waals surface area (Å²) in [7, 11) is 0. The lowest BCUT2D eigenvalue weighted by molar-refractivity contribution is -0.954. The minimum atomic E-state index is 1.11. The van der Waals surface area contributed by atoms with E-state index in [-0.39, 0.29) is 0 Å². The molecular weight excluding hydrogens is 326 g/mol. The number of allylic oxidation sites excluding steroid dienone is 4. The van der Waals surface area contributed by atoms with Gasteiger partial charge in [-0.3, -0.25) is 0 Å². The van der Waals surface area contributed by atoms with Crippen LogP contribution in [0.25, 0.3) is 0 Å². The van der Waals surface area contributed by atoms with E-state index in [2.05, 4.69) is 98.8 Å². The molecule has 0 saturated carbocycles. The Morgan fingerprint density at radius 2 is 1.04 bits per heavy atom. The second-order valence-electron chi connectivity index (χ2n) is 7.50. The summed E-state index contributed by atoms with van der Waals surface area (Å²) in [6, 6.07) is 22.1. The Morgan fingerprint density at radius 3 is 1.41 bits per heavy atom. The standard InChI is InChI=1S/C26H36N/c1-3-5-7-15-21-27(22-16-8-6-4-2,23-25-17-11-9-12-18-25)24-26-19-13-10-14-20-26/h3-6,9-14,17-20H,7-8,15-16,21-24H2,1-2H3/q+1/b5-3+,6-4+. The molecule has 0 atom stereocenters. The van der Waals surface area contributed by atoms with Gasteiger partial charge in [-0.1, -0.05) is 85.0 Å². The lowest BCUT2D eigenvalue weighted by Crippen LogP contribution is -2.48. The summed E-state index contributed by atoms with van der Waals surface area (Å²) in [5.74, 6) is 0. The van der Waals surface area contributed by atoms with Crippen LogP contribution in [-0.2, 0) is 13.1 Å². The number of benzene rings is 2. The van der Waals surface area contributed by atoms with Gasteiger partial charge in [-0.05, 0) is 26.7 Å². The number of hydrogen-bond acceptors (Lipinski definition) is 0. The van der Waals surface area contributed by atoms with Crippen LogP contribution in [0.4, 0.5) is 0 Å². The van der Waals surface area contributed by atoms with Gasteiger partial charge in [0.1, 0.15) is 13.1 Å². The molecule has 144 valence electrons. The number of hydrogen-bond donors (Lipinski definition) is 0. The van der Waals surface area contributed by atoms with E-state index in [0.29, 0.717) is 0 Å². The third kappa shape index (κ3) is 7.97. The third-order valence-electron chi connectivity index (χ3n) is 5.20. The van der Waals surface area contributed by atoms with Crippen LogP contribution in [0.1, 0.15) is 50.7 Å². The molecule has 2 aromatic carbocycles. The molecule has 0 unspecified atom stereocenters. The van der Waals surface area contributed by atoms with E-state index in [1.165, 1.54) is 49.9 Å². The normalized spacial score (nSPS) is 12.2. The van der Waals surface area contributed by atoms with Crippen LogP contribution in [0, 0.1) is 0 Å². The highest BCUT2D eigenvalue weighted by atomic mass is 15.3. The summed E-state index contributed by atoms with van der Waals surface area (Å²) in [6.45, 7) is 8.91. The van der Waals surface area contributed by atoms with Crippen molar-refractivity contribution in [3.8, 4) is 0 Å². The average molecular weight is 363 g/mol. The van der Waals surface area contributed by atoms with Gasteiger partial charge < -0.3 is 4.48 Å². The van der Waals surface area contributed by atoms with Crippen molar-refractivity contribution in [1.29, 1.82) is 0 Å². The molecule has 0 bridgehead atoms. The molecule has 2 aromatic rings. The maximum Gasteiger partial charge on any atom is 0.105 e. The van der Waals surface area contributed by atoms with Crippen LogP contribution in [0.15, 0.2) is 85.0 Å². The van der Waals surface area contributed by atoms with Crippen molar-refractivity contribution < 1.29 is 4.48 Å². The zero-order chi connectivity index (χ0) is 19.2. The van der Waals surface area contributed by atoms with Crippen molar-refractivity contribution in [2.24, 2.45) is 0 Å². The number of rotatable bonds is 12. The van der Waals surface area contributed by atoms with Gasteiger partial charge in [0.25, 0.3) is 0 Å². The fourth-order valence-corrected chi connectivity index (χ4v) is 3.85. The van der Waals surface area contributed by atoms with Crippen molar-refractivity contribution in [2.45, 2.75) is 52.6 Å². The SMILES string of the molecule is C/C=C/CCC[N+](CCC/C=C/C)(Cc1ccccc1)Cc1ccccc1. The van der Waals surface area contributed by atoms with Crippen molar-refractivity contribution >= 4 is 0 Å². The van der Waals surface area contributed by atoms with Crippen molar-refractivity contribution in [2.75, 3.05) is 13.1 Å². The van der Waals surface area contributed by atoms with E-state index in [4.69, 9.17) is 0 Å². The zero-order valence-electron chi connectivity index (χ0n) is 17.2. The molecule has 0 saturated heterocycles. The van der Waals surface area contributed by atoms with Gasteiger partial charge in [-0.2, -0.15) is 0 Å². The van der Waals surface area contributed by atoms with Crippen molar-refractivity contribution in [1.82, 2.24) is 0 Å². The van der Waals surface area contributed by atoms with Crippen LogP contribution in [0.2, 0.25) is 0 Å². The van der Waals surface area contributed by atoms with E-state index in [9.17, 15) is 0 Å². The zero-order valence-corrected chi connectivity index (χ0v) is 17.2. The molecule has 0 aromatic heterocycles. The quantitative estimate of drug-likeness (QED) is 0.218. The highest BCUT2D eigenvalue weighted by Gasteiger charge is 2.27. The Balaban J connectivity index is 2.22. The molecule has 27 heavy (non-hydrogen) atoms. The second-order valence-corrected chi connectivity index (χ2v) is 7.50. The topological polar surface area (TPSA) is 0 Å². The average Bonchev–Trinajstić information content (AvgIpc) is 2.70. The van der Waals surface area contributed by atoms with Crippen LogP contribution in [0.3, 0.4) is 0 Å². The maximum atomic E-state index is 2.31. The first-order valence-corrected chi connectivity index (χ1v) is 10.4. The first kappa shape index (κ1) is 21.2.